The minimum atomic E-state index is -0.175. The van der Waals surface area contributed by atoms with Crippen LogP contribution in [0.1, 0.15) is 30.5 Å². The van der Waals surface area contributed by atoms with E-state index in [9.17, 15) is 4.79 Å². The number of amides is 1. The third kappa shape index (κ3) is 3.65. The van der Waals surface area contributed by atoms with Crippen molar-refractivity contribution in [3.8, 4) is 22.8 Å². The van der Waals surface area contributed by atoms with Gasteiger partial charge in [0.2, 0.25) is 12.7 Å². The number of hydrogen-bond acceptors (Lipinski definition) is 5. The number of nitrogens with zero attached hydrogens (tertiary/aromatic N) is 1. The normalized spacial score (nSPS) is 13.4. The molecule has 0 spiro atoms. The van der Waals surface area contributed by atoms with E-state index >= 15 is 0 Å². The van der Waals surface area contributed by atoms with E-state index in [4.69, 9.17) is 14.0 Å². The van der Waals surface area contributed by atoms with Crippen LogP contribution >= 0.6 is 0 Å². The lowest BCUT2D eigenvalue weighted by Crippen LogP contribution is -2.28. The van der Waals surface area contributed by atoms with Crippen molar-refractivity contribution in [1.82, 2.24) is 10.5 Å². The number of aromatic nitrogens is 1. The van der Waals surface area contributed by atoms with Crippen LogP contribution in [-0.2, 0) is 11.3 Å². The van der Waals surface area contributed by atoms with Gasteiger partial charge in [-0.2, -0.15) is 0 Å². The van der Waals surface area contributed by atoms with Gasteiger partial charge >= 0.3 is 0 Å². The average molecular weight is 364 g/mol. The van der Waals surface area contributed by atoms with Crippen LogP contribution in [0.15, 0.2) is 59.1 Å². The Bertz CT molecular complexity index is 936. The summed E-state index contributed by atoms with van der Waals surface area (Å²) in [6.45, 7) is 2.55. The van der Waals surface area contributed by atoms with Gasteiger partial charge in [0, 0.05) is 11.6 Å². The summed E-state index contributed by atoms with van der Waals surface area (Å²) in [5.41, 5.74) is 2.53. The van der Waals surface area contributed by atoms with Crippen LogP contribution in [-0.4, -0.2) is 17.9 Å². The summed E-state index contributed by atoms with van der Waals surface area (Å²) in [7, 11) is 0. The topological polar surface area (TPSA) is 73.6 Å². The van der Waals surface area contributed by atoms with Gasteiger partial charge in [-0.1, -0.05) is 42.4 Å². The predicted octanol–water partition coefficient (Wildman–Crippen LogP) is 3.88. The van der Waals surface area contributed by atoms with Gasteiger partial charge in [-0.15, -0.1) is 0 Å². The number of carbonyl (C=O) groups excluding carboxylic acids is 1. The van der Waals surface area contributed by atoms with Gasteiger partial charge < -0.3 is 19.3 Å². The summed E-state index contributed by atoms with van der Waals surface area (Å²) < 4.78 is 16.1. The first kappa shape index (κ1) is 17.1. The van der Waals surface area contributed by atoms with Crippen molar-refractivity contribution in [2.75, 3.05) is 6.79 Å². The first-order chi connectivity index (χ1) is 13.2. The van der Waals surface area contributed by atoms with Crippen molar-refractivity contribution in [1.29, 1.82) is 0 Å². The molecule has 6 heteroatoms. The number of fused-ring (bicyclic) bond motifs is 1. The number of nitrogens with one attached hydrogen (secondary N) is 1. The van der Waals surface area contributed by atoms with Crippen LogP contribution in [0, 0.1) is 0 Å². The second-order valence-electron chi connectivity index (χ2n) is 6.34. The van der Waals surface area contributed by atoms with E-state index in [1.54, 1.807) is 0 Å². The summed E-state index contributed by atoms with van der Waals surface area (Å²) >= 11 is 0. The fraction of sp³-hybridized carbons (Fsp3) is 0.238. The quantitative estimate of drug-likeness (QED) is 0.718. The lowest BCUT2D eigenvalue weighted by atomic mass is 9.96. The summed E-state index contributed by atoms with van der Waals surface area (Å²) in [6, 6.07) is 17.2. The molecule has 3 aromatic rings. The van der Waals surface area contributed by atoms with Crippen molar-refractivity contribution in [3.05, 3.63) is 65.9 Å². The first-order valence-electron chi connectivity index (χ1n) is 8.93. The molecule has 0 saturated heterocycles. The highest BCUT2D eigenvalue weighted by Gasteiger charge is 2.19. The van der Waals surface area contributed by atoms with E-state index < -0.39 is 0 Å². The third-order valence-corrected chi connectivity index (χ3v) is 4.59. The lowest BCUT2D eigenvalue weighted by Gasteiger charge is -2.14. The van der Waals surface area contributed by atoms with E-state index in [0.717, 1.165) is 23.3 Å². The Kier molecular flexibility index (Phi) is 4.78. The third-order valence-electron chi connectivity index (χ3n) is 4.59. The maximum atomic E-state index is 12.6. The molecule has 1 aromatic heterocycles. The summed E-state index contributed by atoms with van der Waals surface area (Å²) in [5.74, 6) is 1.83. The van der Waals surface area contributed by atoms with Crippen LogP contribution in [0.3, 0.4) is 0 Å². The largest absolute Gasteiger partial charge is 0.454 e. The molecule has 1 aliphatic heterocycles. The van der Waals surface area contributed by atoms with Crippen LogP contribution < -0.4 is 14.8 Å². The van der Waals surface area contributed by atoms with Crippen LogP contribution in [0.25, 0.3) is 11.3 Å². The van der Waals surface area contributed by atoms with E-state index in [1.165, 1.54) is 0 Å². The van der Waals surface area contributed by atoms with Crippen molar-refractivity contribution < 1.29 is 18.8 Å². The molecule has 4 rings (SSSR count). The molecular weight excluding hydrogens is 344 g/mol. The Morgan fingerprint density at radius 1 is 1.11 bits per heavy atom. The maximum absolute atomic E-state index is 12.6. The molecule has 1 aliphatic rings. The Morgan fingerprint density at radius 2 is 1.93 bits per heavy atom. The molecule has 1 amide bonds. The van der Waals surface area contributed by atoms with Gasteiger partial charge in [0.25, 0.3) is 0 Å². The monoisotopic (exact) mass is 364 g/mol. The van der Waals surface area contributed by atoms with Crippen LogP contribution in [0.4, 0.5) is 0 Å². The molecule has 0 bridgehead atoms. The van der Waals surface area contributed by atoms with Gasteiger partial charge in [0.1, 0.15) is 5.69 Å². The first-order valence-corrected chi connectivity index (χ1v) is 8.93. The molecule has 0 saturated carbocycles. The fourth-order valence-corrected chi connectivity index (χ4v) is 3.14. The minimum Gasteiger partial charge on any atom is -0.454 e. The Labute approximate surface area is 157 Å². The number of ether oxygens (including phenoxy) is 2. The second kappa shape index (κ2) is 7.53. The highest BCUT2D eigenvalue weighted by Crippen LogP contribution is 2.36. The summed E-state index contributed by atoms with van der Waals surface area (Å²) in [4.78, 5) is 12.6. The van der Waals surface area contributed by atoms with Crippen LogP contribution in [0.5, 0.6) is 11.5 Å². The zero-order chi connectivity index (χ0) is 18.6. The molecule has 0 radical (unpaired) electrons. The van der Waals surface area contributed by atoms with Crippen molar-refractivity contribution in [2.45, 2.75) is 25.8 Å². The molecule has 1 atom stereocenters. The van der Waals surface area contributed by atoms with Gasteiger partial charge in [0.15, 0.2) is 17.3 Å². The molecule has 1 unspecified atom stereocenters. The lowest BCUT2D eigenvalue weighted by molar-refractivity contribution is -0.122. The maximum Gasteiger partial charge on any atom is 0.231 e. The van der Waals surface area contributed by atoms with E-state index in [0.29, 0.717) is 23.7 Å². The number of benzene rings is 2. The SMILES string of the molecule is CCC(C(=O)NCc1cc(-c2ccc3c(c2)OCO3)on1)c1ccccc1. The van der Waals surface area contributed by atoms with E-state index in [2.05, 4.69) is 10.5 Å². The average Bonchev–Trinajstić information content (AvgIpc) is 3.36. The predicted molar refractivity (Wildman–Crippen MR) is 99.4 cm³/mol. The molecule has 2 heterocycles. The Hall–Kier alpha value is -3.28. The standard InChI is InChI=1S/C21H20N2O4/c1-2-17(14-6-4-3-5-7-14)21(24)22-12-16-11-19(27-23-16)15-8-9-18-20(10-15)26-13-25-18/h3-11,17H,2,12-13H2,1H3,(H,22,24). The molecule has 1 N–H and O–H groups in total. The number of rotatable bonds is 6. The Balaban J connectivity index is 1.41. The van der Waals surface area contributed by atoms with Crippen molar-refractivity contribution >= 4 is 5.91 Å². The molecule has 0 aliphatic carbocycles. The van der Waals surface area contributed by atoms with Gasteiger partial charge in [-0.25, -0.2) is 0 Å². The van der Waals surface area contributed by atoms with Gasteiger partial charge in [-0.3, -0.25) is 4.79 Å². The molecule has 0 fully saturated rings. The highest BCUT2D eigenvalue weighted by atomic mass is 16.7. The van der Waals surface area contributed by atoms with Crippen molar-refractivity contribution in [2.24, 2.45) is 0 Å². The van der Waals surface area contributed by atoms with E-state index in [1.807, 2.05) is 61.5 Å². The number of carbonyl (C=O) groups is 1. The summed E-state index contributed by atoms with van der Waals surface area (Å²) in [5, 5.41) is 7.00. The minimum absolute atomic E-state index is 0.0173. The molecule has 2 aromatic carbocycles. The van der Waals surface area contributed by atoms with Crippen LogP contribution in [0.2, 0.25) is 0 Å². The molecular formula is C21H20N2O4. The fourth-order valence-electron chi connectivity index (χ4n) is 3.14. The Morgan fingerprint density at radius 3 is 2.74 bits per heavy atom. The molecule has 27 heavy (non-hydrogen) atoms. The van der Waals surface area contributed by atoms with Crippen molar-refractivity contribution in [3.63, 3.8) is 0 Å². The smallest absolute Gasteiger partial charge is 0.231 e. The molecule has 6 nitrogen and oxygen atoms in total. The molecule has 138 valence electrons. The van der Waals surface area contributed by atoms with E-state index in [-0.39, 0.29) is 18.6 Å². The highest BCUT2D eigenvalue weighted by molar-refractivity contribution is 5.83. The zero-order valence-electron chi connectivity index (χ0n) is 15.0. The summed E-state index contributed by atoms with van der Waals surface area (Å²) in [6.07, 6.45) is 0.733. The number of hydrogen-bond donors (Lipinski definition) is 1. The van der Waals surface area contributed by atoms with Gasteiger partial charge in [0.05, 0.1) is 12.5 Å². The second-order valence-corrected chi connectivity index (χ2v) is 6.34. The van der Waals surface area contributed by atoms with Gasteiger partial charge in [-0.05, 0) is 30.2 Å². The zero-order valence-corrected chi connectivity index (χ0v) is 15.0.